The van der Waals surface area contributed by atoms with Gasteiger partial charge in [-0.3, -0.25) is 0 Å². The van der Waals surface area contributed by atoms with Gasteiger partial charge >= 0.3 is 0 Å². The Kier molecular flexibility index (Phi) is 14.8. The third-order valence-corrected chi connectivity index (χ3v) is 22.1. The van der Waals surface area contributed by atoms with Crippen molar-refractivity contribution in [1.29, 1.82) is 0 Å². The molecule has 0 saturated carbocycles. The Labute approximate surface area is 639 Å². The molecule has 0 spiro atoms. The van der Waals surface area contributed by atoms with E-state index in [4.69, 9.17) is 30.4 Å². The standard InChI is InChI=1S/C50H30N4O.C30H20N2.C20H11ClN2O/c1-2-13-35(14-3-1)53-43-19-8-6-17-38(43)40-28-32(21-24-45(40)53)33-22-25-46-41(29-33)39-18-7-9-20-44(39)54(46)36-15-10-12-34(27-36)42-30-51-49-48-37-16-5-4-11-31(37)23-26-47(48)55-50(49)52-42;1-2-8-22(9-3-1)32-29-13-7-5-11-24(29)26-19-21(15-17-30(26)32)20-14-16-28-25(18-20)23-10-4-6-12-27(23)31-28;21-14-6-3-5-13(10-14)16-11-22-19-18-15-7-2-1-4-12(15)8-9-17(18)24-20(19)23-16/h1-30H;1-19,31H;1-11H. The van der Waals surface area contributed by atoms with Crippen molar-refractivity contribution in [2.75, 3.05) is 0 Å². The average Bonchev–Trinajstić information content (AvgIpc) is 1.61. The average molecular weight is 1440 g/mol. The van der Waals surface area contributed by atoms with Crippen LogP contribution in [0, 0.1) is 0 Å². The Hall–Kier alpha value is -14.7. The zero-order valence-electron chi connectivity index (χ0n) is 59.5. The normalized spacial score (nSPS) is 11.8. The maximum Gasteiger partial charge on any atom is 0.246 e. The van der Waals surface area contributed by atoms with Crippen molar-refractivity contribution >= 4 is 165 Å². The topological polar surface area (TPSA) is 108 Å². The lowest BCUT2D eigenvalue weighted by Crippen LogP contribution is -1.95. The lowest BCUT2D eigenvalue weighted by molar-refractivity contribution is 0.653. The van der Waals surface area contributed by atoms with Gasteiger partial charge in [0.15, 0.2) is 0 Å². The highest BCUT2D eigenvalue weighted by atomic mass is 35.5. The van der Waals surface area contributed by atoms with Crippen LogP contribution in [0.15, 0.2) is 373 Å². The molecule has 0 bridgehead atoms. The maximum atomic E-state index is 6.27. The van der Waals surface area contributed by atoms with Crippen molar-refractivity contribution in [1.82, 2.24) is 38.6 Å². The maximum absolute atomic E-state index is 6.27. The monoisotopic (exact) mass is 1440 g/mol. The molecule has 0 aliphatic heterocycles. The molecule has 1 N–H and O–H groups in total. The molecule has 10 nitrogen and oxygen atoms in total. The van der Waals surface area contributed by atoms with Crippen molar-refractivity contribution in [3.63, 3.8) is 0 Å². The number of benzene rings is 16. The minimum Gasteiger partial charge on any atom is -0.436 e. The molecule has 0 aliphatic rings. The summed E-state index contributed by atoms with van der Waals surface area (Å²) in [5.74, 6) is 0. The summed E-state index contributed by atoms with van der Waals surface area (Å²) >= 11 is 6.07. The van der Waals surface area contributed by atoms with Gasteiger partial charge < -0.3 is 27.5 Å². The van der Waals surface area contributed by atoms with E-state index in [2.05, 4.69) is 332 Å². The molecule has 0 amide bonds. The molecule has 24 rings (SSSR count). The number of H-pyrrole nitrogens is 1. The highest BCUT2D eigenvalue weighted by molar-refractivity contribution is 6.31. The van der Waals surface area contributed by atoms with E-state index in [0.29, 0.717) is 16.4 Å². The van der Waals surface area contributed by atoms with Crippen molar-refractivity contribution in [3.05, 3.63) is 369 Å². The summed E-state index contributed by atoms with van der Waals surface area (Å²) in [6, 6.07) is 124. The molecule has 0 unspecified atom stereocenters. The second-order valence-electron chi connectivity index (χ2n) is 28.3. The smallest absolute Gasteiger partial charge is 0.246 e. The van der Waals surface area contributed by atoms with Gasteiger partial charge in [-0.15, -0.1) is 0 Å². The molecule has 0 radical (unpaired) electrons. The minimum atomic E-state index is 0.541. The number of rotatable bonds is 7. The highest BCUT2D eigenvalue weighted by Gasteiger charge is 2.21. The van der Waals surface area contributed by atoms with Crippen LogP contribution in [0.1, 0.15) is 0 Å². The largest absolute Gasteiger partial charge is 0.436 e. The first-order valence-electron chi connectivity index (χ1n) is 37.2. The first-order chi connectivity index (χ1) is 54.9. The first kappa shape index (κ1) is 63.6. The van der Waals surface area contributed by atoms with Crippen LogP contribution in [-0.2, 0) is 0 Å². The van der Waals surface area contributed by atoms with E-state index >= 15 is 0 Å². The molecular formula is C100H61ClN8O2. The highest BCUT2D eigenvalue weighted by Crippen LogP contribution is 2.43. The van der Waals surface area contributed by atoms with E-state index in [1.54, 1.807) is 6.20 Å². The number of furan rings is 2. The number of hydrogen-bond donors (Lipinski definition) is 1. The van der Waals surface area contributed by atoms with Crippen LogP contribution < -0.4 is 0 Å². The number of aromatic nitrogens is 8. The molecule has 0 aliphatic carbocycles. The van der Waals surface area contributed by atoms with Gasteiger partial charge in [-0.25, -0.2) is 19.9 Å². The second-order valence-corrected chi connectivity index (χ2v) is 28.7. The Morgan fingerprint density at radius 2 is 0.640 bits per heavy atom. The fraction of sp³-hybridized carbons (Fsp3) is 0. The summed E-state index contributed by atoms with van der Waals surface area (Å²) in [5.41, 5.74) is 25.4. The third kappa shape index (κ3) is 10.6. The van der Waals surface area contributed by atoms with E-state index in [-0.39, 0.29) is 0 Å². The Morgan fingerprint density at radius 3 is 1.14 bits per heavy atom. The molecule has 8 heterocycles. The predicted octanol–water partition coefficient (Wildman–Crippen LogP) is 27.0. The number of para-hydroxylation sites is 6. The summed E-state index contributed by atoms with van der Waals surface area (Å²) in [5, 5.41) is 17.2. The van der Waals surface area contributed by atoms with Gasteiger partial charge in [-0.05, 0) is 177 Å². The molecular weight excluding hydrogens is 1380 g/mol. The number of nitrogens with one attached hydrogen (secondary N) is 1. The number of aromatic amines is 1. The number of hydrogen-bond acceptors (Lipinski definition) is 6. The Balaban J connectivity index is 0.000000114. The molecule has 520 valence electrons. The van der Waals surface area contributed by atoms with Gasteiger partial charge in [-0.2, -0.15) is 0 Å². The van der Waals surface area contributed by atoms with E-state index in [1.807, 2.05) is 54.7 Å². The molecule has 0 saturated heterocycles. The molecule has 8 aromatic heterocycles. The van der Waals surface area contributed by atoms with Gasteiger partial charge in [0.05, 0.1) is 67.7 Å². The first-order valence-corrected chi connectivity index (χ1v) is 37.5. The SMILES string of the molecule is Clc1cccc(-c2cnc3c(n2)oc2ccc4ccccc4c23)c1.c1ccc(-n2c3ccccc3c3cc(-c4ccc5[nH]c6ccccc6c5c4)ccc32)cc1.c1ccc(-n2c3ccccc3c3cc(-c4ccc5c(c4)c4ccccc4n5-c4cccc(-c5cnc6c(n5)oc5ccc7ccccc7c56)c4)ccc32)cc1. The summed E-state index contributed by atoms with van der Waals surface area (Å²) in [7, 11) is 0. The molecule has 24 aromatic rings. The van der Waals surface area contributed by atoms with Crippen LogP contribution in [0.25, 0.3) is 215 Å². The Morgan fingerprint density at radius 1 is 0.261 bits per heavy atom. The predicted molar refractivity (Wildman–Crippen MR) is 459 cm³/mol. The fourth-order valence-electron chi connectivity index (χ4n) is 16.8. The molecule has 16 aromatic carbocycles. The zero-order chi connectivity index (χ0) is 73.2. The van der Waals surface area contributed by atoms with E-state index in [9.17, 15) is 0 Å². The zero-order valence-corrected chi connectivity index (χ0v) is 60.2. The molecule has 11 heteroatoms. The molecule has 111 heavy (non-hydrogen) atoms. The lowest BCUT2D eigenvalue weighted by atomic mass is 10.0. The van der Waals surface area contributed by atoms with Gasteiger partial charge in [0.2, 0.25) is 11.4 Å². The van der Waals surface area contributed by atoms with Gasteiger partial charge in [0.25, 0.3) is 0 Å². The summed E-state index contributed by atoms with van der Waals surface area (Å²) in [6.45, 7) is 0. The number of halogens is 1. The van der Waals surface area contributed by atoms with Crippen molar-refractivity contribution in [3.8, 4) is 61.8 Å². The van der Waals surface area contributed by atoms with E-state index < -0.39 is 0 Å². The van der Waals surface area contributed by atoms with Crippen LogP contribution >= 0.6 is 11.6 Å². The molecule has 0 fully saturated rings. The Bertz CT molecular complexity index is 7880. The summed E-state index contributed by atoms with van der Waals surface area (Å²) in [6.07, 6.45) is 3.63. The minimum absolute atomic E-state index is 0.541. The summed E-state index contributed by atoms with van der Waals surface area (Å²) in [4.78, 5) is 22.7. The lowest BCUT2D eigenvalue weighted by Gasteiger charge is -2.10. The second kappa shape index (κ2) is 25.8. The van der Waals surface area contributed by atoms with Crippen LogP contribution in [0.2, 0.25) is 5.02 Å². The van der Waals surface area contributed by atoms with E-state index in [0.717, 1.165) is 99.4 Å². The van der Waals surface area contributed by atoms with Crippen LogP contribution in [0.3, 0.4) is 0 Å². The van der Waals surface area contributed by atoms with E-state index in [1.165, 1.54) is 104 Å². The fourth-order valence-corrected chi connectivity index (χ4v) is 17.0. The molecule has 0 atom stereocenters. The van der Waals surface area contributed by atoms with Crippen molar-refractivity contribution in [2.45, 2.75) is 0 Å². The van der Waals surface area contributed by atoms with Gasteiger partial charge in [-0.1, -0.05) is 230 Å². The number of nitrogens with zero attached hydrogens (tertiary/aromatic N) is 7. The van der Waals surface area contributed by atoms with Crippen molar-refractivity contribution in [2.24, 2.45) is 0 Å². The summed E-state index contributed by atoms with van der Waals surface area (Å²) < 4.78 is 19.3. The van der Waals surface area contributed by atoms with Crippen LogP contribution in [0.5, 0.6) is 0 Å². The van der Waals surface area contributed by atoms with Crippen LogP contribution in [-0.4, -0.2) is 38.6 Å². The van der Waals surface area contributed by atoms with Gasteiger partial charge in [0, 0.05) is 87.3 Å². The number of fused-ring (bicyclic) bond motifs is 22. The van der Waals surface area contributed by atoms with Crippen molar-refractivity contribution < 1.29 is 8.83 Å². The van der Waals surface area contributed by atoms with Crippen LogP contribution in [0.4, 0.5) is 0 Å². The van der Waals surface area contributed by atoms with Gasteiger partial charge in [0.1, 0.15) is 22.2 Å². The third-order valence-electron chi connectivity index (χ3n) is 21.9. The quantitative estimate of drug-likeness (QED) is 0.170.